The first-order chi connectivity index (χ1) is 7.78. The maximum atomic E-state index is 11.5. The Morgan fingerprint density at radius 3 is 2.59 bits per heavy atom. The molecule has 0 aliphatic heterocycles. The van der Waals surface area contributed by atoms with Gasteiger partial charge in [0.25, 0.3) is 0 Å². The van der Waals surface area contributed by atoms with Crippen molar-refractivity contribution in [2.45, 2.75) is 45.3 Å². The standard InChI is InChI=1S/C12H19NO4/c1-12(2,3)17-11(16)13-9-6-4-5-8(7-9)10(14)15/h4,6,8-9H,5,7H2,1-3H3,(H,13,16)(H,14,15)/t8-,9+/m1/s1. The van der Waals surface area contributed by atoms with Gasteiger partial charge in [-0.2, -0.15) is 0 Å². The van der Waals surface area contributed by atoms with Crippen LogP contribution in [0.4, 0.5) is 4.79 Å². The van der Waals surface area contributed by atoms with Crippen molar-refractivity contribution in [1.82, 2.24) is 5.32 Å². The van der Waals surface area contributed by atoms with Crippen LogP contribution >= 0.6 is 0 Å². The lowest BCUT2D eigenvalue weighted by molar-refractivity contribution is -0.142. The summed E-state index contributed by atoms with van der Waals surface area (Å²) in [5, 5.41) is 11.5. The Labute approximate surface area is 101 Å². The van der Waals surface area contributed by atoms with Gasteiger partial charge in [0.15, 0.2) is 0 Å². The van der Waals surface area contributed by atoms with Gasteiger partial charge in [0.1, 0.15) is 5.60 Å². The minimum atomic E-state index is -0.828. The largest absolute Gasteiger partial charge is 0.481 e. The third-order valence-electron chi connectivity index (χ3n) is 2.38. The van der Waals surface area contributed by atoms with Crippen LogP contribution in [0.25, 0.3) is 0 Å². The Morgan fingerprint density at radius 1 is 1.41 bits per heavy atom. The van der Waals surface area contributed by atoms with E-state index < -0.39 is 23.6 Å². The predicted molar refractivity (Wildman–Crippen MR) is 62.7 cm³/mol. The number of ether oxygens (including phenoxy) is 1. The summed E-state index contributed by atoms with van der Waals surface area (Å²) in [5.41, 5.74) is -0.547. The molecule has 2 N–H and O–H groups in total. The highest BCUT2D eigenvalue weighted by atomic mass is 16.6. The molecule has 1 aliphatic rings. The van der Waals surface area contributed by atoms with Crippen LogP contribution < -0.4 is 5.32 Å². The number of carboxylic acid groups (broad SMARTS) is 1. The molecule has 0 aromatic carbocycles. The fraction of sp³-hybridized carbons (Fsp3) is 0.667. The molecule has 5 nitrogen and oxygen atoms in total. The number of alkyl carbamates (subject to hydrolysis) is 1. The molecule has 1 rings (SSSR count). The third kappa shape index (κ3) is 4.89. The van der Waals surface area contributed by atoms with Crippen LogP contribution in [0.15, 0.2) is 12.2 Å². The van der Waals surface area contributed by atoms with Crippen LogP contribution in [0, 0.1) is 5.92 Å². The smallest absolute Gasteiger partial charge is 0.408 e. The van der Waals surface area contributed by atoms with Gasteiger partial charge in [-0.25, -0.2) is 4.79 Å². The molecule has 0 aromatic rings. The molecule has 0 aromatic heterocycles. The van der Waals surface area contributed by atoms with Gasteiger partial charge in [0.2, 0.25) is 0 Å². The summed E-state index contributed by atoms with van der Waals surface area (Å²) in [5.74, 6) is -1.26. The van der Waals surface area contributed by atoms with Crippen molar-refractivity contribution in [1.29, 1.82) is 0 Å². The average molecular weight is 241 g/mol. The predicted octanol–water partition coefficient (Wildman–Crippen LogP) is 1.93. The molecule has 1 amide bonds. The van der Waals surface area contributed by atoms with E-state index in [0.29, 0.717) is 12.8 Å². The number of aliphatic carboxylic acids is 1. The summed E-state index contributed by atoms with van der Waals surface area (Å²) in [6.45, 7) is 5.34. The van der Waals surface area contributed by atoms with Crippen molar-refractivity contribution < 1.29 is 19.4 Å². The zero-order valence-electron chi connectivity index (χ0n) is 10.4. The Bertz CT molecular complexity index is 330. The van der Waals surface area contributed by atoms with Gasteiger partial charge in [0, 0.05) is 0 Å². The number of rotatable bonds is 2. The Kier molecular flexibility index (Phi) is 4.15. The van der Waals surface area contributed by atoms with Crippen LogP contribution in [0.5, 0.6) is 0 Å². The maximum Gasteiger partial charge on any atom is 0.408 e. The molecule has 0 bridgehead atoms. The van der Waals surface area contributed by atoms with Gasteiger partial charge in [-0.3, -0.25) is 4.79 Å². The summed E-state index contributed by atoms with van der Waals surface area (Å²) >= 11 is 0. The fourth-order valence-corrected chi connectivity index (χ4v) is 1.66. The van der Waals surface area contributed by atoms with Gasteiger partial charge in [0.05, 0.1) is 12.0 Å². The van der Waals surface area contributed by atoms with Gasteiger partial charge < -0.3 is 15.2 Å². The summed E-state index contributed by atoms with van der Waals surface area (Å²) < 4.78 is 5.10. The zero-order valence-corrected chi connectivity index (χ0v) is 10.4. The molecular formula is C12H19NO4. The number of amides is 1. The second kappa shape index (κ2) is 5.21. The molecule has 1 aliphatic carbocycles. The van der Waals surface area contributed by atoms with E-state index >= 15 is 0 Å². The molecule has 0 heterocycles. The molecule has 0 saturated heterocycles. The number of allylic oxidation sites excluding steroid dienone is 1. The second-order valence-corrected chi connectivity index (χ2v) is 5.19. The van der Waals surface area contributed by atoms with Crippen LogP contribution in [-0.2, 0) is 9.53 Å². The highest BCUT2D eigenvalue weighted by Gasteiger charge is 2.26. The summed E-state index contributed by atoms with van der Waals surface area (Å²) in [4.78, 5) is 22.3. The molecule has 2 atom stereocenters. The Morgan fingerprint density at radius 2 is 2.06 bits per heavy atom. The fourth-order valence-electron chi connectivity index (χ4n) is 1.66. The first-order valence-corrected chi connectivity index (χ1v) is 5.67. The van der Waals surface area contributed by atoms with Gasteiger partial charge in [-0.05, 0) is 33.6 Å². The number of carbonyl (C=O) groups excluding carboxylic acids is 1. The van der Waals surface area contributed by atoms with E-state index in [4.69, 9.17) is 9.84 Å². The van der Waals surface area contributed by atoms with E-state index in [1.54, 1.807) is 26.8 Å². The van der Waals surface area contributed by atoms with E-state index in [1.807, 2.05) is 6.08 Å². The van der Waals surface area contributed by atoms with E-state index in [2.05, 4.69) is 5.32 Å². The molecular weight excluding hydrogens is 222 g/mol. The molecule has 0 fully saturated rings. The summed E-state index contributed by atoms with van der Waals surface area (Å²) in [6, 6.07) is -0.264. The SMILES string of the molecule is CC(C)(C)OC(=O)N[C@H]1C=CC[C@@H](C(=O)O)C1. The highest BCUT2D eigenvalue weighted by Crippen LogP contribution is 2.19. The van der Waals surface area contributed by atoms with Crippen LogP contribution in [-0.4, -0.2) is 28.8 Å². The van der Waals surface area contributed by atoms with Gasteiger partial charge >= 0.3 is 12.1 Å². The van der Waals surface area contributed by atoms with E-state index in [9.17, 15) is 9.59 Å². The zero-order chi connectivity index (χ0) is 13.1. The minimum Gasteiger partial charge on any atom is -0.481 e. The van der Waals surface area contributed by atoms with Crippen LogP contribution in [0.3, 0.4) is 0 Å². The number of nitrogens with one attached hydrogen (secondary N) is 1. The number of hydrogen-bond acceptors (Lipinski definition) is 3. The molecule has 96 valence electrons. The van der Waals surface area contributed by atoms with Crippen molar-refractivity contribution >= 4 is 12.1 Å². The van der Waals surface area contributed by atoms with Crippen LogP contribution in [0.2, 0.25) is 0 Å². The first kappa shape index (κ1) is 13.5. The Hall–Kier alpha value is -1.52. The monoisotopic (exact) mass is 241 g/mol. The lowest BCUT2D eigenvalue weighted by Crippen LogP contribution is -2.40. The lowest BCUT2D eigenvalue weighted by atomic mass is 9.91. The quantitative estimate of drug-likeness (QED) is 0.724. The van der Waals surface area contributed by atoms with Crippen molar-refractivity contribution in [3.8, 4) is 0 Å². The van der Waals surface area contributed by atoms with Crippen molar-refractivity contribution in [3.05, 3.63) is 12.2 Å². The van der Waals surface area contributed by atoms with Gasteiger partial charge in [-0.1, -0.05) is 12.2 Å². The van der Waals surface area contributed by atoms with Crippen molar-refractivity contribution in [3.63, 3.8) is 0 Å². The molecule has 5 heteroatoms. The van der Waals surface area contributed by atoms with Crippen LogP contribution in [0.1, 0.15) is 33.6 Å². The van der Waals surface area contributed by atoms with Crippen molar-refractivity contribution in [2.75, 3.05) is 0 Å². The Balaban J connectivity index is 2.47. The summed E-state index contributed by atoms with van der Waals surface area (Å²) in [7, 11) is 0. The number of hydrogen-bond donors (Lipinski definition) is 2. The minimum absolute atomic E-state index is 0.264. The average Bonchev–Trinajstić information content (AvgIpc) is 2.14. The highest BCUT2D eigenvalue weighted by molar-refractivity contribution is 5.71. The maximum absolute atomic E-state index is 11.5. The van der Waals surface area contributed by atoms with E-state index in [-0.39, 0.29) is 6.04 Å². The molecule has 0 unspecified atom stereocenters. The molecule has 0 saturated carbocycles. The second-order valence-electron chi connectivity index (χ2n) is 5.19. The third-order valence-corrected chi connectivity index (χ3v) is 2.38. The van der Waals surface area contributed by atoms with E-state index in [1.165, 1.54) is 0 Å². The van der Waals surface area contributed by atoms with Gasteiger partial charge in [-0.15, -0.1) is 0 Å². The normalized spacial score (nSPS) is 24.2. The number of carboxylic acids is 1. The molecule has 0 spiro atoms. The lowest BCUT2D eigenvalue weighted by Gasteiger charge is -2.25. The number of carbonyl (C=O) groups is 2. The first-order valence-electron chi connectivity index (χ1n) is 5.67. The molecule has 0 radical (unpaired) electrons. The topological polar surface area (TPSA) is 75.6 Å². The van der Waals surface area contributed by atoms with E-state index in [0.717, 1.165) is 0 Å². The van der Waals surface area contributed by atoms with Crippen molar-refractivity contribution in [2.24, 2.45) is 5.92 Å². The summed E-state index contributed by atoms with van der Waals surface area (Å²) in [6.07, 6.45) is 4.00. The molecule has 17 heavy (non-hydrogen) atoms.